The number of hydrogen-bond donors (Lipinski definition) is 0. The lowest BCUT2D eigenvalue weighted by Crippen LogP contribution is -2.41. The summed E-state index contributed by atoms with van der Waals surface area (Å²) < 4.78 is 69.0. The highest BCUT2D eigenvalue weighted by atomic mass is 32.2. The number of carbonyl (C=O) groups is 2. The van der Waals surface area contributed by atoms with E-state index in [-0.39, 0.29) is 19.6 Å². The summed E-state index contributed by atoms with van der Waals surface area (Å²) in [5.41, 5.74) is -1.73. The first-order valence-electron chi connectivity index (χ1n) is 10.0. The van der Waals surface area contributed by atoms with Crippen LogP contribution in [0.4, 0.5) is 0 Å². The molecular weight excluding hydrogens is 452 g/mol. The van der Waals surface area contributed by atoms with Gasteiger partial charge >= 0.3 is 11.9 Å². The van der Waals surface area contributed by atoms with Gasteiger partial charge in [-0.25, -0.2) is 9.59 Å². The van der Waals surface area contributed by atoms with Gasteiger partial charge in [0.15, 0.2) is 12.2 Å². The Kier molecular flexibility index (Phi) is 11.1. The number of ether oxygens (including phenoxy) is 2. The minimum Gasteiger partial charge on any atom is -0.464 e. The zero-order valence-corrected chi connectivity index (χ0v) is 21.2. The lowest BCUT2D eigenvalue weighted by Gasteiger charge is -2.28. The summed E-state index contributed by atoms with van der Waals surface area (Å²) in [5, 5.41) is 0. The average Bonchev–Trinajstić information content (AvgIpc) is 2.55. The molecule has 0 aliphatic heterocycles. The Morgan fingerprint density at radius 3 is 1.19 bits per heavy atom. The van der Waals surface area contributed by atoms with E-state index in [0.29, 0.717) is 0 Å². The van der Waals surface area contributed by atoms with Crippen molar-refractivity contribution in [2.24, 2.45) is 10.8 Å². The summed E-state index contributed by atoms with van der Waals surface area (Å²) in [4.78, 5) is 24.1. The van der Waals surface area contributed by atoms with E-state index in [4.69, 9.17) is 17.8 Å². The highest BCUT2D eigenvalue weighted by molar-refractivity contribution is 7.87. The van der Waals surface area contributed by atoms with E-state index < -0.39 is 66.7 Å². The molecule has 0 radical (unpaired) electrons. The van der Waals surface area contributed by atoms with Gasteiger partial charge in [0, 0.05) is 10.8 Å². The smallest absolute Gasteiger partial charge is 0.337 e. The molecule has 0 bridgehead atoms. The molecule has 184 valence electrons. The van der Waals surface area contributed by atoms with Crippen LogP contribution >= 0.6 is 0 Å². The van der Waals surface area contributed by atoms with Crippen LogP contribution in [0.2, 0.25) is 0 Å². The van der Waals surface area contributed by atoms with Gasteiger partial charge in [-0.1, -0.05) is 41.5 Å². The molecule has 0 heterocycles. The molecule has 12 heteroatoms. The van der Waals surface area contributed by atoms with Crippen molar-refractivity contribution in [1.29, 1.82) is 0 Å². The zero-order chi connectivity index (χ0) is 24.7. The Balaban J connectivity index is 5.16. The number of rotatable bonds is 12. The van der Waals surface area contributed by atoms with Gasteiger partial charge < -0.3 is 9.47 Å². The summed E-state index contributed by atoms with van der Waals surface area (Å²) >= 11 is 0. The Morgan fingerprint density at radius 2 is 0.968 bits per heavy atom. The highest BCUT2D eigenvalue weighted by Gasteiger charge is 2.39. The minimum absolute atomic E-state index is 0.0554. The van der Waals surface area contributed by atoms with Crippen LogP contribution in [-0.4, -0.2) is 65.7 Å². The van der Waals surface area contributed by atoms with Crippen molar-refractivity contribution < 1.29 is 44.3 Å². The third-order valence-corrected chi connectivity index (χ3v) is 6.40. The van der Waals surface area contributed by atoms with Gasteiger partial charge in [0.05, 0.1) is 24.7 Å². The van der Waals surface area contributed by atoms with E-state index in [0.717, 1.165) is 0 Å². The molecule has 0 spiro atoms. The van der Waals surface area contributed by atoms with Crippen molar-refractivity contribution in [3.05, 3.63) is 0 Å². The van der Waals surface area contributed by atoms with E-state index >= 15 is 0 Å². The maximum atomic E-state index is 12.3. The van der Waals surface area contributed by atoms with Crippen LogP contribution in [0.15, 0.2) is 0 Å². The molecule has 10 nitrogen and oxygen atoms in total. The first-order chi connectivity index (χ1) is 13.9. The number of carbonyl (C=O) groups excluding carboxylic acids is 2. The second-order valence-electron chi connectivity index (χ2n) is 9.07. The van der Waals surface area contributed by atoms with Crippen LogP contribution < -0.4 is 0 Å². The molecule has 0 aliphatic carbocycles. The maximum absolute atomic E-state index is 12.3. The Labute approximate surface area is 186 Å². The predicted octanol–water partition coefficient (Wildman–Crippen LogP) is 2.02. The monoisotopic (exact) mass is 488 g/mol. The molecular formula is C19H36O10S2. The standard InChI is InChI=1S/C19H36O10S2/c1-9-26-16(20)14(18(3,4)5)28-30(22,23)12-11-13-31(24,25)29-15(19(6,7)8)17(21)27-10-2/h14-15H,9-13H2,1-8H3. The molecule has 0 fully saturated rings. The Bertz CT molecular complexity index is 734. The van der Waals surface area contributed by atoms with Crippen molar-refractivity contribution >= 4 is 32.2 Å². The quantitative estimate of drug-likeness (QED) is 0.296. The van der Waals surface area contributed by atoms with Crippen molar-refractivity contribution in [3.8, 4) is 0 Å². The molecule has 0 amide bonds. The van der Waals surface area contributed by atoms with Crippen LogP contribution in [0, 0.1) is 10.8 Å². The van der Waals surface area contributed by atoms with Gasteiger partial charge in [-0.05, 0) is 20.3 Å². The SMILES string of the molecule is CCOC(=O)C(OS(=O)(=O)CCCS(=O)(=O)OC(C(=O)OCC)C(C)(C)C)C(C)(C)C. The lowest BCUT2D eigenvalue weighted by molar-refractivity contribution is -0.157. The first kappa shape index (κ1) is 29.8. The average molecular weight is 489 g/mol. The fourth-order valence-corrected chi connectivity index (χ4v) is 5.00. The molecule has 31 heavy (non-hydrogen) atoms. The lowest BCUT2D eigenvalue weighted by atomic mass is 9.89. The highest BCUT2D eigenvalue weighted by Crippen LogP contribution is 2.27. The first-order valence-corrected chi connectivity index (χ1v) is 13.2. The molecule has 0 aromatic carbocycles. The van der Waals surface area contributed by atoms with Gasteiger partial charge in [-0.15, -0.1) is 0 Å². The third kappa shape index (κ3) is 11.3. The summed E-state index contributed by atoms with van der Waals surface area (Å²) in [6.45, 7) is 13.0. The molecule has 0 N–H and O–H groups in total. The molecule has 0 aromatic heterocycles. The molecule has 0 saturated heterocycles. The largest absolute Gasteiger partial charge is 0.464 e. The zero-order valence-electron chi connectivity index (χ0n) is 19.6. The normalized spacial score (nSPS) is 15.2. The van der Waals surface area contributed by atoms with Crippen LogP contribution in [-0.2, 0) is 47.7 Å². The van der Waals surface area contributed by atoms with Gasteiger partial charge in [0.2, 0.25) is 0 Å². The van der Waals surface area contributed by atoms with Gasteiger partial charge in [0.25, 0.3) is 20.2 Å². The number of esters is 2. The van der Waals surface area contributed by atoms with E-state index in [1.54, 1.807) is 55.4 Å². The van der Waals surface area contributed by atoms with Crippen molar-refractivity contribution in [1.82, 2.24) is 0 Å². The second kappa shape index (κ2) is 11.6. The van der Waals surface area contributed by atoms with Gasteiger partial charge in [-0.2, -0.15) is 16.8 Å². The molecule has 0 saturated carbocycles. The second-order valence-corrected chi connectivity index (χ2v) is 12.5. The van der Waals surface area contributed by atoms with Crippen LogP contribution in [0.3, 0.4) is 0 Å². The minimum atomic E-state index is -4.24. The summed E-state index contributed by atoms with van der Waals surface area (Å²) in [6.07, 6.45) is -3.11. The fraction of sp³-hybridized carbons (Fsp3) is 0.895. The topological polar surface area (TPSA) is 139 Å². The van der Waals surface area contributed by atoms with Gasteiger partial charge in [0.1, 0.15) is 0 Å². The molecule has 0 aromatic rings. The molecule has 2 atom stereocenters. The number of hydrogen-bond acceptors (Lipinski definition) is 10. The third-order valence-electron chi connectivity index (χ3n) is 3.85. The van der Waals surface area contributed by atoms with Crippen molar-refractivity contribution in [2.75, 3.05) is 24.7 Å². The fourth-order valence-electron chi connectivity index (χ4n) is 2.31. The predicted molar refractivity (Wildman–Crippen MR) is 114 cm³/mol. The molecule has 0 rings (SSSR count). The molecule has 0 aliphatic rings. The Hall–Kier alpha value is -1.24. The Morgan fingerprint density at radius 1 is 0.677 bits per heavy atom. The van der Waals surface area contributed by atoms with E-state index in [2.05, 4.69) is 0 Å². The van der Waals surface area contributed by atoms with Crippen molar-refractivity contribution in [3.63, 3.8) is 0 Å². The summed E-state index contributed by atoms with van der Waals surface area (Å²) in [6, 6.07) is 0. The van der Waals surface area contributed by atoms with E-state index in [9.17, 15) is 26.4 Å². The van der Waals surface area contributed by atoms with E-state index in [1.165, 1.54) is 0 Å². The summed E-state index contributed by atoms with van der Waals surface area (Å²) in [7, 11) is -8.49. The van der Waals surface area contributed by atoms with Gasteiger partial charge in [-0.3, -0.25) is 8.37 Å². The maximum Gasteiger partial charge on any atom is 0.337 e. The van der Waals surface area contributed by atoms with Crippen LogP contribution in [0.25, 0.3) is 0 Å². The van der Waals surface area contributed by atoms with E-state index in [1.807, 2.05) is 0 Å². The van der Waals surface area contributed by atoms with Crippen molar-refractivity contribution in [2.45, 2.75) is 74.0 Å². The molecule has 2 unspecified atom stereocenters. The van der Waals surface area contributed by atoms with Crippen LogP contribution in [0.1, 0.15) is 61.8 Å². The van der Waals surface area contributed by atoms with Crippen LogP contribution in [0.5, 0.6) is 0 Å². The summed E-state index contributed by atoms with van der Waals surface area (Å²) in [5.74, 6) is -2.98.